The fraction of sp³-hybridized carbons (Fsp3) is 0.143. The molecule has 0 unspecified atom stereocenters. The number of rotatable bonds is 2. The molecule has 1 aromatic carbocycles. The van der Waals surface area contributed by atoms with Gasteiger partial charge in [-0.15, -0.1) is 0 Å². The molecular formula is C7H7NO2S. The Labute approximate surface area is 69.6 Å². The number of non-ortho nitro benzene ring substituents is 1. The fourth-order valence-corrected chi connectivity index (χ4v) is 0.965. The SMILES string of the molecule is O=[N+]([O-])c1cccc(CS)c1. The third kappa shape index (κ3) is 1.94. The molecule has 0 N–H and O–H groups in total. The van der Waals surface area contributed by atoms with E-state index in [1.54, 1.807) is 12.1 Å². The molecular weight excluding hydrogens is 162 g/mol. The van der Waals surface area contributed by atoms with Crippen molar-refractivity contribution in [3.8, 4) is 0 Å². The smallest absolute Gasteiger partial charge is 0.258 e. The van der Waals surface area contributed by atoms with Gasteiger partial charge in [0.15, 0.2) is 0 Å². The maximum absolute atomic E-state index is 10.2. The summed E-state index contributed by atoms with van der Waals surface area (Å²) < 4.78 is 0. The molecule has 0 aliphatic heterocycles. The Balaban J connectivity index is 3.01. The van der Waals surface area contributed by atoms with Crippen LogP contribution in [0.5, 0.6) is 0 Å². The van der Waals surface area contributed by atoms with E-state index < -0.39 is 4.92 Å². The molecule has 1 rings (SSSR count). The van der Waals surface area contributed by atoms with Gasteiger partial charge in [0.1, 0.15) is 0 Å². The van der Waals surface area contributed by atoms with Gasteiger partial charge in [-0.1, -0.05) is 12.1 Å². The first-order valence-electron chi connectivity index (χ1n) is 3.08. The highest BCUT2D eigenvalue weighted by Gasteiger charge is 2.03. The summed E-state index contributed by atoms with van der Waals surface area (Å²) in [5.74, 6) is 0.529. The van der Waals surface area contributed by atoms with Crippen LogP contribution in [0.25, 0.3) is 0 Å². The minimum atomic E-state index is -0.410. The van der Waals surface area contributed by atoms with Gasteiger partial charge in [-0.05, 0) is 5.56 Å². The topological polar surface area (TPSA) is 43.1 Å². The highest BCUT2D eigenvalue weighted by Crippen LogP contribution is 2.13. The van der Waals surface area contributed by atoms with Crippen LogP contribution in [0.4, 0.5) is 5.69 Å². The number of hydrogen-bond acceptors (Lipinski definition) is 3. The first kappa shape index (κ1) is 8.07. The summed E-state index contributed by atoms with van der Waals surface area (Å²) in [6.45, 7) is 0. The van der Waals surface area contributed by atoms with Gasteiger partial charge in [0.25, 0.3) is 5.69 Å². The lowest BCUT2D eigenvalue weighted by Gasteiger charge is -1.93. The maximum atomic E-state index is 10.2. The number of nitro groups is 1. The first-order valence-corrected chi connectivity index (χ1v) is 3.71. The normalized spacial score (nSPS) is 9.55. The molecule has 0 aliphatic carbocycles. The molecule has 0 heterocycles. The largest absolute Gasteiger partial charge is 0.269 e. The van der Waals surface area contributed by atoms with Crippen LogP contribution >= 0.6 is 12.6 Å². The average molecular weight is 169 g/mol. The minimum absolute atomic E-state index is 0.122. The van der Waals surface area contributed by atoms with Gasteiger partial charge >= 0.3 is 0 Å². The molecule has 0 amide bonds. The molecule has 4 heteroatoms. The second-order valence-corrected chi connectivity index (χ2v) is 2.40. The van der Waals surface area contributed by atoms with E-state index >= 15 is 0 Å². The van der Waals surface area contributed by atoms with Gasteiger partial charge < -0.3 is 0 Å². The van der Waals surface area contributed by atoms with Crippen molar-refractivity contribution in [1.82, 2.24) is 0 Å². The Kier molecular flexibility index (Phi) is 2.48. The lowest BCUT2D eigenvalue weighted by Crippen LogP contribution is -1.88. The van der Waals surface area contributed by atoms with Gasteiger partial charge in [0.05, 0.1) is 4.92 Å². The number of thiol groups is 1. The number of nitro benzene ring substituents is 1. The van der Waals surface area contributed by atoms with Crippen molar-refractivity contribution in [2.75, 3.05) is 0 Å². The molecule has 0 aromatic heterocycles. The zero-order valence-corrected chi connectivity index (χ0v) is 6.62. The monoisotopic (exact) mass is 169 g/mol. The van der Waals surface area contributed by atoms with Crippen LogP contribution in [-0.4, -0.2) is 4.92 Å². The van der Waals surface area contributed by atoms with E-state index in [9.17, 15) is 10.1 Å². The van der Waals surface area contributed by atoms with Crippen LogP contribution < -0.4 is 0 Å². The molecule has 0 saturated carbocycles. The number of nitrogens with zero attached hydrogens (tertiary/aromatic N) is 1. The quantitative estimate of drug-likeness (QED) is 0.418. The van der Waals surface area contributed by atoms with Crippen molar-refractivity contribution in [1.29, 1.82) is 0 Å². The lowest BCUT2D eigenvalue weighted by atomic mass is 10.2. The Hall–Kier alpha value is -1.03. The summed E-state index contributed by atoms with van der Waals surface area (Å²) in [7, 11) is 0. The van der Waals surface area contributed by atoms with E-state index in [-0.39, 0.29) is 5.69 Å². The van der Waals surface area contributed by atoms with Crippen molar-refractivity contribution < 1.29 is 4.92 Å². The second kappa shape index (κ2) is 3.39. The Bertz CT molecular complexity index is 275. The molecule has 11 heavy (non-hydrogen) atoms. The summed E-state index contributed by atoms with van der Waals surface area (Å²) in [4.78, 5) is 9.84. The standard InChI is InChI=1S/C7H7NO2S/c9-8(10)7-3-1-2-6(4-7)5-11/h1-4,11H,5H2. The van der Waals surface area contributed by atoms with Crippen LogP contribution in [0.3, 0.4) is 0 Å². The van der Waals surface area contributed by atoms with Gasteiger partial charge in [-0.3, -0.25) is 10.1 Å². The molecule has 58 valence electrons. The zero-order chi connectivity index (χ0) is 8.27. The van der Waals surface area contributed by atoms with Crippen LogP contribution in [0.1, 0.15) is 5.56 Å². The average Bonchev–Trinajstić information content (AvgIpc) is 2.05. The number of hydrogen-bond donors (Lipinski definition) is 1. The van der Waals surface area contributed by atoms with Crippen molar-refractivity contribution in [2.45, 2.75) is 5.75 Å². The van der Waals surface area contributed by atoms with Crippen LogP contribution in [-0.2, 0) is 5.75 Å². The molecule has 0 saturated heterocycles. The molecule has 0 radical (unpaired) electrons. The summed E-state index contributed by atoms with van der Waals surface area (Å²) in [5, 5.41) is 10.2. The Morgan fingerprint density at radius 3 is 2.82 bits per heavy atom. The predicted octanol–water partition coefficient (Wildman–Crippen LogP) is 2.02. The summed E-state index contributed by atoms with van der Waals surface area (Å²) in [6.07, 6.45) is 0. The van der Waals surface area contributed by atoms with Crippen molar-refractivity contribution >= 4 is 18.3 Å². The molecule has 0 bridgehead atoms. The van der Waals surface area contributed by atoms with Crippen LogP contribution in [0.2, 0.25) is 0 Å². The van der Waals surface area contributed by atoms with E-state index in [1.807, 2.05) is 0 Å². The van der Waals surface area contributed by atoms with E-state index in [4.69, 9.17) is 0 Å². The van der Waals surface area contributed by atoms with Crippen LogP contribution in [0.15, 0.2) is 24.3 Å². The van der Waals surface area contributed by atoms with Gasteiger partial charge in [0.2, 0.25) is 0 Å². The highest BCUT2D eigenvalue weighted by atomic mass is 32.1. The van der Waals surface area contributed by atoms with Gasteiger partial charge in [-0.25, -0.2) is 0 Å². The summed E-state index contributed by atoms with van der Waals surface area (Å²) in [6, 6.07) is 6.45. The molecule has 1 aromatic rings. The minimum Gasteiger partial charge on any atom is -0.258 e. The number of benzene rings is 1. The zero-order valence-electron chi connectivity index (χ0n) is 5.73. The lowest BCUT2D eigenvalue weighted by molar-refractivity contribution is -0.384. The molecule has 3 nitrogen and oxygen atoms in total. The van der Waals surface area contributed by atoms with Crippen molar-refractivity contribution in [3.05, 3.63) is 39.9 Å². The molecule has 0 fully saturated rings. The molecule has 0 spiro atoms. The van der Waals surface area contributed by atoms with E-state index in [2.05, 4.69) is 12.6 Å². The van der Waals surface area contributed by atoms with Gasteiger partial charge in [-0.2, -0.15) is 12.6 Å². The Morgan fingerprint density at radius 2 is 2.27 bits per heavy atom. The van der Waals surface area contributed by atoms with E-state index in [0.717, 1.165) is 5.56 Å². The van der Waals surface area contributed by atoms with E-state index in [0.29, 0.717) is 5.75 Å². The van der Waals surface area contributed by atoms with Crippen molar-refractivity contribution in [3.63, 3.8) is 0 Å². The summed E-state index contributed by atoms with van der Waals surface area (Å²) >= 11 is 4.00. The van der Waals surface area contributed by atoms with Crippen molar-refractivity contribution in [2.24, 2.45) is 0 Å². The molecule has 0 atom stereocenters. The summed E-state index contributed by atoms with van der Waals surface area (Å²) in [5.41, 5.74) is 0.985. The van der Waals surface area contributed by atoms with Gasteiger partial charge in [0, 0.05) is 17.9 Å². The predicted molar refractivity (Wildman–Crippen MR) is 45.8 cm³/mol. The third-order valence-electron chi connectivity index (χ3n) is 1.30. The molecule has 0 aliphatic rings. The second-order valence-electron chi connectivity index (χ2n) is 2.09. The van der Waals surface area contributed by atoms with Crippen LogP contribution in [0, 0.1) is 10.1 Å². The third-order valence-corrected chi connectivity index (χ3v) is 1.67. The van der Waals surface area contributed by atoms with E-state index in [1.165, 1.54) is 12.1 Å². The maximum Gasteiger partial charge on any atom is 0.269 e. The fourth-order valence-electron chi connectivity index (χ4n) is 0.768. The highest BCUT2D eigenvalue weighted by molar-refractivity contribution is 7.79. The Morgan fingerprint density at radius 1 is 1.55 bits per heavy atom. The first-order chi connectivity index (χ1) is 5.24.